The van der Waals surface area contributed by atoms with Crippen LogP contribution in [0.15, 0.2) is 29.9 Å². The molecule has 3 nitrogen and oxygen atoms in total. The number of imidazole rings is 1. The molecule has 0 saturated heterocycles. The number of nitrogens with zero attached hydrogens (tertiary/aromatic N) is 2. The van der Waals surface area contributed by atoms with Gasteiger partial charge < -0.3 is 10.1 Å². The second-order valence-electron chi connectivity index (χ2n) is 4.25. The Kier molecular flexibility index (Phi) is 2.19. The van der Waals surface area contributed by atoms with Crippen molar-refractivity contribution in [1.29, 1.82) is 0 Å². The minimum atomic E-state index is 0.766. The van der Waals surface area contributed by atoms with Crippen molar-refractivity contribution in [2.75, 3.05) is 5.73 Å². The van der Waals surface area contributed by atoms with Crippen LogP contribution in [0.25, 0.3) is 16.2 Å². The van der Waals surface area contributed by atoms with Gasteiger partial charge in [0.15, 0.2) is 0 Å². The number of aromatic nitrogens is 2. The fourth-order valence-electron chi connectivity index (χ4n) is 2.04. The first-order chi connectivity index (χ1) is 8.15. The summed E-state index contributed by atoms with van der Waals surface area (Å²) < 4.78 is 2.00. The fraction of sp³-hybridized carbons (Fsp3) is 0.154. The molecule has 17 heavy (non-hydrogen) atoms. The molecule has 0 aliphatic rings. The van der Waals surface area contributed by atoms with E-state index in [0.717, 1.165) is 22.6 Å². The molecule has 0 fully saturated rings. The lowest BCUT2D eigenvalue weighted by Gasteiger charge is -1.98. The van der Waals surface area contributed by atoms with Crippen LogP contribution in [0.4, 0.5) is 5.69 Å². The number of aryl methyl sites for hydroxylation is 2. The number of fused-ring (bicyclic) bond motifs is 1. The predicted molar refractivity (Wildman–Crippen MR) is 72.4 cm³/mol. The molecule has 86 valence electrons. The molecule has 0 aliphatic carbocycles. The zero-order valence-electron chi connectivity index (χ0n) is 9.77. The lowest BCUT2D eigenvalue weighted by Crippen LogP contribution is -1.92. The van der Waals surface area contributed by atoms with Gasteiger partial charge >= 0.3 is 0 Å². The standard InChI is InChI=1S/C13H13N3S/c1-8-3-4-17-12(8)11-7-16-6-10(14)5-9(2)13(16)15-11/h3-7H,14H2,1-2H3. The molecule has 0 saturated carbocycles. The fourth-order valence-corrected chi connectivity index (χ4v) is 2.92. The van der Waals surface area contributed by atoms with E-state index in [9.17, 15) is 0 Å². The van der Waals surface area contributed by atoms with Crippen LogP contribution in [0.2, 0.25) is 0 Å². The summed E-state index contributed by atoms with van der Waals surface area (Å²) in [7, 11) is 0. The van der Waals surface area contributed by atoms with E-state index in [4.69, 9.17) is 5.73 Å². The van der Waals surface area contributed by atoms with Gasteiger partial charge in [0.1, 0.15) is 5.65 Å². The van der Waals surface area contributed by atoms with Crippen molar-refractivity contribution in [2.24, 2.45) is 0 Å². The van der Waals surface area contributed by atoms with Gasteiger partial charge in [-0.3, -0.25) is 0 Å². The molecular formula is C13H13N3S. The highest BCUT2D eigenvalue weighted by atomic mass is 32.1. The average molecular weight is 243 g/mol. The number of hydrogen-bond acceptors (Lipinski definition) is 3. The van der Waals surface area contributed by atoms with Crippen molar-refractivity contribution in [3.63, 3.8) is 0 Å². The normalized spacial score (nSPS) is 11.2. The summed E-state index contributed by atoms with van der Waals surface area (Å²) in [6.07, 6.45) is 3.94. The Bertz CT molecular complexity index is 694. The van der Waals surface area contributed by atoms with Crippen molar-refractivity contribution < 1.29 is 0 Å². The van der Waals surface area contributed by atoms with Gasteiger partial charge in [-0.25, -0.2) is 4.98 Å². The molecule has 0 spiro atoms. The Morgan fingerprint density at radius 2 is 2.06 bits per heavy atom. The molecule has 3 heterocycles. The number of hydrogen-bond donors (Lipinski definition) is 1. The largest absolute Gasteiger partial charge is 0.398 e. The van der Waals surface area contributed by atoms with E-state index in [-0.39, 0.29) is 0 Å². The van der Waals surface area contributed by atoms with E-state index in [1.807, 2.05) is 29.8 Å². The minimum Gasteiger partial charge on any atom is -0.398 e. The highest BCUT2D eigenvalue weighted by Gasteiger charge is 2.09. The first-order valence-electron chi connectivity index (χ1n) is 5.44. The SMILES string of the molecule is Cc1ccsc1-c1cn2cc(N)cc(C)c2n1. The molecule has 3 aromatic heterocycles. The zero-order chi connectivity index (χ0) is 12.0. The second-order valence-corrected chi connectivity index (χ2v) is 5.16. The Balaban J connectivity index is 2.27. The number of nitrogen functional groups attached to an aromatic ring is 1. The second kappa shape index (κ2) is 3.60. The van der Waals surface area contributed by atoms with Crippen molar-refractivity contribution in [3.8, 4) is 10.6 Å². The van der Waals surface area contributed by atoms with Crippen LogP contribution in [0.5, 0.6) is 0 Å². The quantitative estimate of drug-likeness (QED) is 0.713. The molecular weight excluding hydrogens is 230 g/mol. The Labute approximate surface area is 104 Å². The van der Waals surface area contributed by atoms with Crippen LogP contribution in [0, 0.1) is 13.8 Å². The van der Waals surface area contributed by atoms with E-state index in [0.29, 0.717) is 0 Å². The van der Waals surface area contributed by atoms with Crippen LogP contribution >= 0.6 is 11.3 Å². The molecule has 0 amide bonds. The van der Waals surface area contributed by atoms with Crippen LogP contribution in [-0.2, 0) is 0 Å². The summed E-state index contributed by atoms with van der Waals surface area (Å²) in [6, 6.07) is 4.07. The number of pyridine rings is 1. The topological polar surface area (TPSA) is 43.3 Å². The van der Waals surface area contributed by atoms with Crippen molar-refractivity contribution in [1.82, 2.24) is 9.38 Å². The lowest BCUT2D eigenvalue weighted by molar-refractivity contribution is 1.17. The molecule has 4 heteroatoms. The molecule has 0 bridgehead atoms. The Hall–Kier alpha value is -1.81. The maximum atomic E-state index is 5.84. The maximum Gasteiger partial charge on any atom is 0.140 e. The summed E-state index contributed by atoms with van der Waals surface area (Å²) in [5, 5.41) is 2.09. The van der Waals surface area contributed by atoms with Gasteiger partial charge in [0.05, 0.1) is 10.6 Å². The molecule has 0 aromatic carbocycles. The van der Waals surface area contributed by atoms with Crippen LogP contribution in [0.1, 0.15) is 11.1 Å². The summed E-state index contributed by atoms with van der Waals surface area (Å²) in [5.74, 6) is 0. The minimum absolute atomic E-state index is 0.766. The first kappa shape index (κ1) is 10.4. The van der Waals surface area contributed by atoms with E-state index in [1.54, 1.807) is 11.3 Å². The van der Waals surface area contributed by atoms with Crippen LogP contribution < -0.4 is 5.73 Å². The van der Waals surface area contributed by atoms with E-state index < -0.39 is 0 Å². The Morgan fingerprint density at radius 1 is 1.24 bits per heavy atom. The van der Waals surface area contributed by atoms with E-state index in [1.165, 1.54) is 10.4 Å². The molecule has 3 rings (SSSR count). The highest BCUT2D eigenvalue weighted by molar-refractivity contribution is 7.13. The average Bonchev–Trinajstić information content (AvgIpc) is 2.83. The van der Waals surface area contributed by atoms with E-state index in [2.05, 4.69) is 23.4 Å². The van der Waals surface area contributed by atoms with Crippen molar-refractivity contribution >= 4 is 22.7 Å². The summed E-state index contributed by atoms with van der Waals surface area (Å²) in [4.78, 5) is 5.90. The van der Waals surface area contributed by atoms with Gasteiger partial charge in [-0.05, 0) is 42.5 Å². The highest BCUT2D eigenvalue weighted by Crippen LogP contribution is 2.29. The van der Waals surface area contributed by atoms with Crippen molar-refractivity contribution in [3.05, 3.63) is 41.0 Å². The summed E-state index contributed by atoms with van der Waals surface area (Å²) in [5.41, 5.74) is 11.0. The number of rotatable bonds is 1. The van der Waals surface area contributed by atoms with Crippen molar-refractivity contribution in [2.45, 2.75) is 13.8 Å². The molecule has 3 aromatic rings. The molecule has 2 N–H and O–H groups in total. The zero-order valence-corrected chi connectivity index (χ0v) is 10.6. The maximum absolute atomic E-state index is 5.84. The van der Waals surface area contributed by atoms with Gasteiger partial charge in [0, 0.05) is 18.1 Å². The third kappa shape index (κ3) is 1.61. The Morgan fingerprint density at radius 3 is 2.76 bits per heavy atom. The number of thiophene rings is 1. The summed E-state index contributed by atoms with van der Waals surface area (Å²) >= 11 is 1.72. The van der Waals surface area contributed by atoms with Gasteiger partial charge in [-0.1, -0.05) is 0 Å². The number of nitrogens with two attached hydrogens (primary N) is 1. The van der Waals surface area contributed by atoms with Gasteiger partial charge in [-0.15, -0.1) is 11.3 Å². The molecule has 0 atom stereocenters. The summed E-state index contributed by atoms with van der Waals surface area (Å²) in [6.45, 7) is 4.14. The molecule has 0 radical (unpaired) electrons. The van der Waals surface area contributed by atoms with Gasteiger partial charge in [0.2, 0.25) is 0 Å². The van der Waals surface area contributed by atoms with Crippen LogP contribution in [-0.4, -0.2) is 9.38 Å². The molecule has 0 unspecified atom stereocenters. The third-order valence-corrected chi connectivity index (χ3v) is 3.89. The molecule has 0 aliphatic heterocycles. The number of anilines is 1. The monoisotopic (exact) mass is 243 g/mol. The first-order valence-corrected chi connectivity index (χ1v) is 6.32. The predicted octanol–water partition coefficient (Wildman–Crippen LogP) is 3.26. The smallest absolute Gasteiger partial charge is 0.140 e. The van der Waals surface area contributed by atoms with Gasteiger partial charge in [0.25, 0.3) is 0 Å². The van der Waals surface area contributed by atoms with Gasteiger partial charge in [-0.2, -0.15) is 0 Å². The third-order valence-electron chi connectivity index (χ3n) is 2.85. The van der Waals surface area contributed by atoms with E-state index >= 15 is 0 Å². The van der Waals surface area contributed by atoms with Crippen LogP contribution in [0.3, 0.4) is 0 Å². The lowest BCUT2D eigenvalue weighted by atomic mass is 10.2.